The van der Waals surface area contributed by atoms with E-state index in [1.54, 1.807) is 24.3 Å². The number of carboxylic acid groups (broad SMARTS) is 1. The SMILES string of the molecule is [3H]c1c(C(=O)NC[C@H](NS(=O)(=O)c2ccccc2)C(=O)O)[nH]c2ccc(OCC3CCNCC3)cc12. The molecule has 2 heterocycles. The lowest BCUT2D eigenvalue weighted by molar-refractivity contribution is -0.138. The van der Waals surface area contributed by atoms with Crippen LogP contribution in [0.2, 0.25) is 0 Å². The number of aliphatic carboxylic acids is 1. The Hall–Kier alpha value is -3.41. The number of ether oxygens (including phenoxy) is 1. The minimum Gasteiger partial charge on any atom is -0.493 e. The molecule has 2 aromatic carbocycles. The number of nitrogens with one attached hydrogen (secondary N) is 4. The van der Waals surface area contributed by atoms with Crippen molar-refractivity contribution in [1.29, 1.82) is 0 Å². The van der Waals surface area contributed by atoms with E-state index in [1.807, 2.05) is 0 Å². The van der Waals surface area contributed by atoms with Crippen LogP contribution in [0.4, 0.5) is 0 Å². The maximum absolute atomic E-state index is 12.7. The van der Waals surface area contributed by atoms with Crippen molar-refractivity contribution in [3.8, 4) is 5.75 Å². The van der Waals surface area contributed by atoms with Gasteiger partial charge in [0.15, 0.2) is 0 Å². The normalized spacial score (nSPS) is 15.9. The molecule has 1 atom stereocenters. The molecule has 35 heavy (non-hydrogen) atoms. The summed E-state index contributed by atoms with van der Waals surface area (Å²) in [5, 5.41) is 15.7. The molecule has 0 bridgehead atoms. The van der Waals surface area contributed by atoms with Crippen LogP contribution in [0.1, 0.15) is 24.7 Å². The Morgan fingerprint density at radius 3 is 2.63 bits per heavy atom. The van der Waals surface area contributed by atoms with E-state index in [4.69, 9.17) is 6.11 Å². The average molecular weight is 503 g/mol. The Kier molecular flexibility index (Phi) is 7.26. The van der Waals surface area contributed by atoms with Crippen molar-refractivity contribution in [3.05, 3.63) is 60.3 Å². The number of carboxylic acids is 1. The zero-order valence-electron chi connectivity index (χ0n) is 19.9. The summed E-state index contributed by atoms with van der Waals surface area (Å²) in [5.74, 6) is -1.11. The highest BCUT2D eigenvalue weighted by Gasteiger charge is 2.26. The van der Waals surface area contributed by atoms with Crippen molar-refractivity contribution < 1.29 is 29.2 Å². The molecule has 5 N–H and O–H groups in total. The first-order valence-corrected chi connectivity index (χ1v) is 12.8. The number of sulfonamides is 1. The molecule has 1 aliphatic rings. The van der Waals surface area contributed by atoms with Crippen molar-refractivity contribution in [2.24, 2.45) is 5.92 Å². The maximum atomic E-state index is 12.7. The number of H-pyrrole nitrogens is 1. The fraction of sp³-hybridized carbons (Fsp3) is 0.333. The van der Waals surface area contributed by atoms with E-state index >= 15 is 0 Å². The van der Waals surface area contributed by atoms with E-state index in [-0.39, 0.29) is 16.6 Å². The van der Waals surface area contributed by atoms with Gasteiger partial charge < -0.3 is 25.5 Å². The molecular formula is C24H28N4O6S. The van der Waals surface area contributed by atoms with Gasteiger partial charge in [0, 0.05) is 17.4 Å². The molecule has 1 amide bonds. The number of fused-ring (bicyclic) bond motifs is 1. The third-order valence-corrected chi connectivity index (χ3v) is 7.29. The summed E-state index contributed by atoms with van der Waals surface area (Å²) in [7, 11) is -4.11. The van der Waals surface area contributed by atoms with Crippen LogP contribution in [0, 0.1) is 5.92 Å². The number of benzene rings is 2. The van der Waals surface area contributed by atoms with Gasteiger partial charge in [0.25, 0.3) is 5.91 Å². The van der Waals surface area contributed by atoms with E-state index < -0.39 is 34.5 Å². The van der Waals surface area contributed by atoms with Crippen molar-refractivity contribution in [2.75, 3.05) is 26.2 Å². The molecule has 1 aliphatic heterocycles. The second-order valence-corrected chi connectivity index (χ2v) is 10.1. The van der Waals surface area contributed by atoms with Gasteiger partial charge in [-0.3, -0.25) is 9.59 Å². The lowest BCUT2D eigenvalue weighted by Gasteiger charge is -2.22. The molecule has 0 spiro atoms. The standard InChI is InChI=1S/C24H28N4O6S/c29-23(26-14-22(24(30)31)28-35(32,33)19-4-2-1-3-5-19)21-13-17-12-18(6-7-20(17)27-21)34-15-16-8-10-25-11-9-16/h1-7,12-13,16,22,25,27-28H,8-11,14-15H2,(H,26,29)(H,30,31)/t22-/m0/s1/i13T. The summed E-state index contributed by atoms with van der Waals surface area (Å²) in [6.07, 6.45) is 2.08. The van der Waals surface area contributed by atoms with Crippen molar-refractivity contribution in [2.45, 2.75) is 23.8 Å². The van der Waals surface area contributed by atoms with Gasteiger partial charge >= 0.3 is 5.97 Å². The van der Waals surface area contributed by atoms with E-state index in [9.17, 15) is 23.1 Å². The van der Waals surface area contributed by atoms with Gasteiger partial charge in [-0.05, 0) is 68.2 Å². The lowest BCUT2D eigenvalue weighted by Crippen LogP contribution is -2.48. The molecule has 11 heteroatoms. The first kappa shape index (κ1) is 23.3. The second-order valence-electron chi connectivity index (χ2n) is 8.37. The number of piperidine rings is 1. The number of carbonyl (C=O) groups excluding carboxylic acids is 1. The molecule has 186 valence electrons. The van der Waals surface area contributed by atoms with Gasteiger partial charge in [0.2, 0.25) is 10.0 Å². The molecule has 0 radical (unpaired) electrons. The highest BCUT2D eigenvalue weighted by Crippen LogP contribution is 2.23. The maximum Gasteiger partial charge on any atom is 0.323 e. The molecule has 10 nitrogen and oxygen atoms in total. The van der Waals surface area contributed by atoms with Gasteiger partial charge in [-0.25, -0.2) is 8.42 Å². The predicted octanol–water partition coefficient (Wildman–Crippen LogP) is 1.71. The third-order valence-electron chi connectivity index (χ3n) is 5.80. The quantitative estimate of drug-likeness (QED) is 0.283. The number of hydrogen-bond acceptors (Lipinski definition) is 6. The van der Waals surface area contributed by atoms with Crippen LogP contribution >= 0.6 is 0 Å². The molecule has 0 saturated carbocycles. The zero-order chi connectivity index (χ0) is 25.7. The lowest BCUT2D eigenvalue weighted by atomic mass is 9.99. The fourth-order valence-electron chi connectivity index (χ4n) is 3.82. The zero-order valence-corrected chi connectivity index (χ0v) is 19.7. The van der Waals surface area contributed by atoms with Crippen LogP contribution in [0.15, 0.2) is 59.5 Å². The smallest absolute Gasteiger partial charge is 0.323 e. The number of aromatic amines is 1. The van der Waals surface area contributed by atoms with Crippen LogP contribution in [-0.2, 0) is 14.8 Å². The molecule has 3 aromatic rings. The minimum absolute atomic E-state index is 0.0597. The highest BCUT2D eigenvalue weighted by atomic mass is 32.2. The average Bonchev–Trinajstić information content (AvgIpc) is 3.22. The number of aromatic nitrogens is 1. The Morgan fingerprint density at radius 2 is 1.91 bits per heavy atom. The van der Waals surface area contributed by atoms with Gasteiger partial charge in [-0.2, -0.15) is 4.72 Å². The van der Waals surface area contributed by atoms with Crippen LogP contribution in [-0.4, -0.2) is 62.7 Å². The number of carbonyl (C=O) groups is 2. The van der Waals surface area contributed by atoms with Crippen molar-refractivity contribution in [3.63, 3.8) is 0 Å². The number of amides is 1. The fourth-order valence-corrected chi connectivity index (χ4v) is 5.03. The molecule has 1 fully saturated rings. The first-order chi connectivity index (χ1) is 17.2. The summed E-state index contributed by atoms with van der Waals surface area (Å²) in [6.45, 7) is 2.00. The Morgan fingerprint density at radius 1 is 1.17 bits per heavy atom. The molecule has 1 aromatic heterocycles. The summed E-state index contributed by atoms with van der Waals surface area (Å²) in [4.78, 5) is 27.2. The monoisotopic (exact) mass is 502 g/mol. The molecule has 0 aliphatic carbocycles. The van der Waals surface area contributed by atoms with Gasteiger partial charge in [-0.1, -0.05) is 18.2 Å². The van der Waals surface area contributed by atoms with Crippen LogP contribution in [0.3, 0.4) is 0 Å². The Balaban J connectivity index is 1.42. The summed E-state index contributed by atoms with van der Waals surface area (Å²) < 4.78 is 41.4. The van der Waals surface area contributed by atoms with Crippen molar-refractivity contribution in [1.82, 2.24) is 20.3 Å². The van der Waals surface area contributed by atoms with E-state index in [2.05, 4.69) is 20.3 Å². The number of rotatable bonds is 10. The van der Waals surface area contributed by atoms with Crippen LogP contribution < -0.4 is 20.1 Å². The van der Waals surface area contributed by atoms with E-state index in [1.165, 1.54) is 24.3 Å². The highest BCUT2D eigenvalue weighted by molar-refractivity contribution is 7.89. The van der Waals surface area contributed by atoms with E-state index in [0.29, 0.717) is 29.2 Å². The molecule has 1 saturated heterocycles. The molecule has 0 unspecified atom stereocenters. The Bertz CT molecular complexity index is 1340. The largest absolute Gasteiger partial charge is 0.493 e. The summed E-state index contributed by atoms with van der Waals surface area (Å²) in [6, 6.07) is 10.8. The van der Waals surface area contributed by atoms with Gasteiger partial charge in [0.1, 0.15) is 17.5 Å². The minimum atomic E-state index is -4.11. The summed E-state index contributed by atoms with van der Waals surface area (Å²) in [5.41, 5.74) is 0.495. The number of hydrogen-bond donors (Lipinski definition) is 5. The molecular weight excluding hydrogens is 472 g/mol. The van der Waals surface area contributed by atoms with Crippen LogP contribution in [0.25, 0.3) is 10.9 Å². The Labute approximate surface area is 204 Å². The van der Waals surface area contributed by atoms with Crippen molar-refractivity contribution >= 4 is 32.8 Å². The van der Waals surface area contributed by atoms with E-state index in [0.717, 1.165) is 25.9 Å². The van der Waals surface area contributed by atoms with Gasteiger partial charge in [-0.15, -0.1) is 0 Å². The predicted molar refractivity (Wildman–Crippen MR) is 130 cm³/mol. The first-order valence-electron chi connectivity index (χ1n) is 11.8. The third kappa shape index (κ3) is 6.38. The summed E-state index contributed by atoms with van der Waals surface area (Å²) >= 11 is 0. The topological polar surface area (TPSA) is 150 Å². The van der Waals surface area contributed by atoms with Gasteiger partial charge in [0.05, 0.1) is 12.9 Å². The van der Waals surface area contributed by atoms with Crippen LogP contribution in [0.5, 0.6) is 5.75 Å². The molecule has 4 rings (SSSR count). The second kappa shape index (κ2) is 10.9.